The van der Waals surface area contributed by atoms with Gasteiger partial charge in [0.25, 0.3) is 0 Å². The fourth-order valence-corrected chi connectivity index (χ4v) is 3.64. The molecule has 1 aromatic rings. The third-order valence-corrected chi connectivity index (χ3v) is 4.87. The Morgan fingerprint density at radius 3 is 2.47 bits per heavy atom. The van der Waals surface area contributed by atoms with Crippen LogP contribution in [0.5, 0.6) is 0 Å². The van der Waals surface area contributed by atoms with Crippen molar-refractivity contribution in [2.24, 2.45) is 5.92 Å². The lowest BCUT2D eigenvalue weighted by molar-refractivity contribution is 0.490. The Bertz CT molecular complexity index is 401. The lowest BCUT2D eigenvalue weighted by Gasteiger charge is -2.16. The highest BCUT2D eigenvalue weighted by Crippen LogP contribution is 2.38. The van der Waals surface area contributed by atoms with E-state index in [9.17, 15) is 8.78 Å². The minimum atomic E-state index is -0.405. The van der Waals surface area contributed by atoms with Gasteiger partial charge in [0.1, 0.15) is 11.6 Å². The first-order chi connectivity index (χ1) is 8.08. The number of hydrogen-bond acceptors (Lipinski definition) is 0. The van der Waals surface area contributed by atoms with Crippen molar-refractivity contribution in [2.75, 3.05) is 0 Å². The smallest absolute Gasteiger partial charge is 0.137 e. The normalized spacial score (nSPS) is 18.6. The summed E-state index contributed by atoms with van der Waals surface area (Å²) in [5.41, 5.74) is 0.428. The Hall–Kier alpha value is 0.0400. The van der Waals surface area contributed by atoms with Gasteiger partial charge in [-0.15, -0.1) is 0 Å². The van der Waals surface area contributed by atoms with Crippen LogP contribution in [0.4, 0.5) is 8.78 Å². The maximum atomic E-state index is 13.7. The van der Waals surface area contributed by atoms with Gasteiger partial charge in [-0.05, 0) is 40.4 Å². The van der Waals surface area contributed by atoms with E-state index in [2.05, 4.69) is 31.9 Å². The maximum Gasteiger partial charge on any atom is 0.137 e. The Balaban J connectivity index is 2.12. The molecule has 94 valence electrons. The summed E-state index contributed by atoms with van der Waals surface area (Å²) in [6.07, 6.45) is 5.84. The first kappa shape index (κ1) is 13.5. The van der Waals surface area contributed by atoms with Gasteiger partial charge in [0.15, 0.2) is 0 Å². The molecule has 1 unspecified atom stereocenters. The first-order valence-electron chi connectivity index (χ1n) is 5.86. The molecule has 0 bridgehead atoms. The highest BCUT2D eigenvalue weighted by molar-refractivity contribution is 9.10. The molecule has 0 saturated heterocycles. The van der Waals surface area contributed by atoms with Gasteiger partial charge in [-0.3, -0.25) is 0 Å². The molecule has 0 aromatic heterocycles. The predicted octanol–water partition coefficient (Wildman–Crippen LogP) is 5.74. The predicted molar refractivity (Wildman–Crippen MR) is 72.3 cm³/mol. The number of benzene rings is 1. The zero-order valence-electron chi connectivity index (χ0n) is 9.36. The van der Waals surface area contributed by atoms with E-state index >= 15 is 0 Å². The van der Waals surface area contributed by atoms with E-state index in [1.807, 2.05) is 0 Å². The summed E-state index contributed by atoms with van der Waals surface area (Å²) in [5, 5.41) is 0. The maximum absolute atomic E-state index is 13.7. The van der Waals surface area contributed by atoms with Gasteiger partial charge < -0.3 is 0 Å². The summed E-state index contributed by atoms with van der Waals surface area (Å²) in [6, 6.07) is 2.49. The molecule has 0 amide bonds. The molecular formula is C13H14Br2F2. The Labute approximate surface area is 117 Å². The zero-order chi connectivity index (χ0) is 12.4. The molecule has 0 nitrogen and oxygen atoms in total. The first-order valence-corrected chi connectivity index (χ1v) is 7.57. The Morgan fingerprint density at radius 2 is 1.82 bits per heavy atom. The monoisotopic (exact) mass is 366 g/mol. The van der Waals surface area contributed by atoms with Gasteiger partial charge in [0.05, 0.1) is 4.47 Å². The lowest BCUT2D eigenvalue weighted by atomic mass is 9.98. The van der Waals surface area contributed by atoms with Gasteiger partial charge in [-0.1, -0.05) is 41.6 Å². The Morgan fingerprint density at radius 1 is 1.18 bits per heavy atom. The van der Waals surface area contributed by atoms with Crippen LogP contribution in [0.3, 0.4) is 0 Å². The van der Waals surface area contributed by atoms with Crippen molar-refractivity contribution in [1.82, 2.24) is 0 Å². The zero-order valence-corrected chi connectivity index (χ0v) is 12.5. The molecule has 0 N–H and O–H groups in total. The SMILES string of the molecule is Fc1cc(C(Br)CC2CCCC2)c(F)cc1Br. The molecule has 0 heterocycles. The summed E-state index contributed by atoms with van der Waals surface area (Å²) >= 11 is 6.47. The van der Waals surface area contributed by atoms with Crippen LogP contribution >= 0.6 is 31.9 Å². The standard InChI is InChI=1S/C13H14Br2F2/c14-10(5-8-3-1-2-4-8)9-6-13(17)11(15)7-12(9)16/h6-8,10H,1-5H2. The average molecular weight is 368 g/mol. The summed E-state index contributed by atoms with van der Waals surface area (Å²) in [4.78, 5) is -0.0896. The molecule has 1 aliphatic carbocycles. The van der Waals surface area contributed by atoms with Crippen molar-refractivity contribution < 1.29 is 8.78 Å². The minimum absolute atomic E-state index is 0.0896. The second kappa shape index (κ2) is 5.79. The van der Waals surface area contributed by atoms with Gasteiger partial charge in [-0.2, -0.15) is 0 Å². The molecule has 1 atom stereocenters. The van der Waals surface area contributed by atoms with E-state index in [4.69, 9.17) is 0 Å². The summed E-state index contributed by atoms with van der Waals surface area (Å²) in [7, 11) is 0. The molecule has 0 aliphatic heterocycles. The van der Waals surface area contributed by atoms with Crippen LogP contribution < -0.4 is 0 Å². The largest absolute Gasteiger partial charge is 0.207 e. The number of halogens is 4. The van der Waals surface area contributed by atoms with Gasteiger partial charge >= 0.3 is 0 Å². The second-order valence-corrected chi connectivity index (χ2v) is 6.60. The molecule has 4 heteroatoms. The number of rotatable bonds is 3. The highest BCUT2D eigenvalue weighted by atomic mass is 79.9. The van der Waals surface area contributed by atoms with Crippen molar-refractivity contribution in [2.45, 2.75) is 36.9 Å². The molecule has 1 aromatic carbocycles. The second-order valence-electron chi connectivity index (χ2n) is 4.64. The minimum Gasteiger partial charge on any atom is -0.207 e. The molecule has 1 aliphatic rings. The van der Waals surface area contributed by atoms with Crippen LogP contribution in [0, 0.1) is 17.6 Å². The highest BCUT2D eigenvalue weighted by Gasteiger charge is 2.22. The van der Waals surface area contributed by atoms with Crippen molar-refractivity contribution in [3.05, 3.63) is 33.8 Å². The summed E-state index contributed by atoms with van der Waals surface area (Å²) in [5.74, 6) is -0.110. The van der Waals surface area contributed by atoms with E-state index in [1.165, 1.54) is 37.8 Å². The van der Waals surface area contributed by atoms with Crippen LogP contribution in [0.25, 0.3) is 0 Å². The number of alkyl halides is 1. The quantitative estimate of drug-likeness (QED) is 0.471. The summed E-state index contributed by atoms with van der Waals surface area (Å²) in [6.45, 7) is 0. The van der Waals surface area contributed by atoms with Crippen molar-refractivity contribution in [3.8, 4) is 0 Å². The van der Waals surface area contributed by atoms with Gasteiger partial charge in [0, 0.05) is 10.4 Å². The van der Waals surface area contributed by atoms with Crippen molar-refractivity contribution in [1.29, 1.82) is 0 Å². The van der Waals surface area contributed by atoms with Crippen molar-refractivity contribution >= 4 is 31.9 Å². The average Bonchev–Trinajstić information content (AvgIpc) is 2.76. The van der Waals surface area contributed by atoms with Crippen LogP contribution in [0.2, 0.25) is 0 Å². The van der Waals surface area contributed by atoms with E-state index in [0.29, 0.717) is 11.5 Å². The van der Waals surface area contributed by atoms with Crippen LogP contribution in [-0.4, -0.2) is 0 Å². The van der Waals surface area contributed by atoms with Crippen LogP contribution in [-0.2, 0) is 0 Å². The van der Waals surface area contributed by atoms with E-state index in [1.54, 1.807) is 0 Å². The van der Waals surface area contributed by atoms with E-state index < -0.39 is 5.82 Å². The lowest BCUT2D eigenvalue weighted by Crippen LogP contribution is -2.02. The van der Waals surface area contributed by atoms with Gasteiger partial charge in [-0.25, -0.2) is 8.78 Å². The molecule has 1 saturated carbocycles. The summed E-state index contributed by atoms with van der Waals surface area (Å²) < 4.78 is 27.3. The molecule has 0 spiro atoms. The van der Waals surface area contributed by atoms with Gasteiger partial charge in [0.2, 0.25) is 0 Å². The molecule has 0 radical (unpaired) electrons. The van der Waals surface area contributed by atoms with Crippen LogP contribution in [0.1, 0.15) is 42.5 Å². The van der Waals surface area contributed by atoms with E-state index in [-0.39, 0.29) is 15.1 Å². The van der Waals surface area contributed by atoms with Crippen LogP contribution in [0.15, 0.2) is 16.6 Å². The number of hydrogen-bond donors (Lipinski definition) is 0. The molecule has 2 rings (SSSR count). The van der Waals surface area contributed by atoms with E-state index in [0.717, 1.165) is 6.42 Å². The fraction of sp³-hybridized carbons (Fsp3) is 0.538. The van der Waals surface area contributed by atoms with Crippen molar-refractivity contribution in [3.63, 3.8) is 0 Å². The molecular weight excluding hydrogens is 354 g/mol. The molecule has 17 heavy (non-hydrogen) atoms. The molecule has 1 fully saturated rings. The topological polar surface area (TPSA) is 0 Å². The third-order valence-electron chi connectivity index (χ3n) is 3.39. The third kappa shape index (κ3) is 3.28. The fourth-order valence-electron chi connectivity index (χ4n) is 2.44. The Kier molecular flexibility index (Phi) is 4.59.